The summed E-state index contributed by atoms with van der Waals surface area (Å²) in [5.41, 5.74) is 6.13. The standard InChI is InChI=1S/C18H25N5O3S/c1-24-14-11-15(25-2)13-16(12-14)26-9-3-20-17(19)22-5-7-23(8-6-22)18-21-4-10-27-18/h4,10-13H,3,5-9H2,1-2H3,(H2,19,20). The summed E-state index contributed by atoms with van der Waals surface area (Å²) in [5.74, 6) is 2.61. The van der Waals surface area contributed by atoms with Crippen molar-refractivity contribution < 1.29 is 14.2 Å². The third-order valence-corrected chi connectivity index (χ3v) is 5.08. The smallest absolute Gasteiger partial charge is 0.191 e. The van der Waals surface area contributed by atoms with Crippen LogP contribution in [-0.4, -0.2) is 69.4 Å². The van der Waals surface area contributed by atoms with Crippen molar-refractivity contribution in [1.29, 1.82) is 0 Å². The van der Waals surface area contributed by atoms with Crippen molar-refractivity contribution in [3.05, 3.63) is 29.8 Å². The van der Waals surface area contributed by atoms with E-state index >= 15 is 0 Å². The van der Waals surface area contributed by atoms with Gasteiger partial charge < -0.3 is 29.7 Å². The lowest BCUT2D eigenvalue weighted by atomic mass is 10.3. The lowest BCUT2D eigenvalue weighted by molar-refractivity contribution is 0.319. The van der Waals surface area contributed by atoms with E-state index in [1.807, 2.05) is 23.7 Å². The summed E-state index contributed by atoms with van der Waals surface area (Å²) in [5, 5.41) is 3.06. The van der Waals surface area contributed by atoms with Crippen LogP contribution in [0.25, 0.3) is 0 Å². The molecular formula is C18H25N5O3S. The minimum absolute atomic E-state index is 0.427. The van der Waals surface area contributed by atoms with Gasteiger partial charge in [0.2, 0.25) is 0 Å². The summed E-state index contributed by atoms with van der Waals surface area (Å²) in [7, 11) is 3.22. The quantitative estimate of drug-likeness (QED) is 0.437. The normalized spacial score (nSPS) is 15.0. The molecule has 0 radical (unpaired) electrons. The topological polar surface area (TPSA) is 85.4 Å². The molecule has 0 saturated carbocycles. The third kappa shape index (κ3) is 5.16. The van der Waals surface area contributed by atoms with E-state index in [0.717, 1.165) is 31.3 Å². The number of piperazine rings is 1. The predicted molar refractivity (Wildman–Crippen MR) is 107 cm³/mol. The van der Waals surface area contributed by atoms with Crippen LogP contribution in [0.3, 0.4) is 0 Å². The van der Waals surface area contributed by atoms with Gasteiger partial charge in [-0.2, -0.15) is 0 Å². The van der Waals surface area contributed by atoms with E-state index in [4.69, 9.17) is 19.9 Å². The van der Waals surface area contributed by atoms with Crippen LogP contribution in [-0.2, 0) is 0 Å². The number of anilines is 1. The molecule has 3 rings (SSSR count). The molecule has 1 aliphatic rings. The van der Waals surface area contributed by atoms with Gasteiger partial charge in [0.05, 0.1) is 20.8 Å². The number of nitrogens with zero attached hydrogens (tertiary/aromatic N) is 4. The van der Waals surface area contributed by atoms with Crippen LogP contribution < -0.4 is 24.8 Å². The molecular weight excluding hydrogens is 366 g/mol. The van der Waals surface area contributed by atoms with E-state index in [1.165, 1.54) is 0 Å². The number of rotatable bonds is 7. The molecule has 2 heterocycles. The number of benzene rings is 1. The van der Waals surface area contributed by atoms with Gasteiger partial charge in [0.15, 0.2) is 11.1 Å². The van der Waals surface area contributed by atoms with Crippen molar-refractivity contribution in [2.45, 2.75) is 0 Å². The fraction of sp³-hybridized carbons (Fsp3) is 0.444. The van der Waals surface area contributed by atoms with Gasteiger partial charge in [-0.1, -0.05) is 0 Å². The van der Waals surface area contributed by atoms with Gasteiger partial charge in [-0.15, -0.1) is 11.3 Å². The molecule has 0 spiro atoms. The highest BCUT2D eigenvalue weighted by molar-refractivity contribution is 7.13. The molecule has 0 atom stereocenters. The highest BCUT2D eigenvalue weighted by atomic mass is 32.1. The molecule has 0 unspecified atom stereocenters. The van der Waals surface area contributed by atoms with Gasteiger partial charge in [-0.25, -0.2) is 9.98 Å². The predicted octanol–water partition coefficient (Wildman–Crippen LogP) is 1.68. The molecule has 2 N–H and O–H groups in total. The van der Waals surface area contributed by atoms with Gasteiger partial charge in [0, 0.05) is 56.0 Å². The van der Waals surface area contributed by atoms with Crippen LogP contribution in [0.1, 0.15) is 0 Å². The molecule has 27 heavy (non-hydrogen) atoms. The van der Waals surface area contributed by atoms with E-state index in [2.05, 4.69) is 19.8 Å². The summed E-state index contributed by atoms with van der Waals surface area (Å²) in [6.07, 6.45) is 1.83. The molecule has 9 heteroatoms. The summed E-state index contributed by atoms with van der Waals surface area (Å²) in [6, 6.07) is 5.43. The Kier molecular flexibility index (Phi) is 6.59. The van der Waals surface area contributed by atoms with Gasteiger partial charge >= 0.3 is 0 Å². The Labute approximate surface area is 163 Å². The fourth-order valence-corrected chi connectivity index (χ4v) is 3.48. The summed E-state index contributed by atoms with van der Waals surface area (Å²) in [6.45, 7) is 4.37. The Morgan fingerprint density at radius 3 is 2.37 bits per heavy atom. The molecule has 1 aromatic heterocycles. The second-order valence-corrected chi connectivity index (χ2v) is 6.80. The van der Waals surface area contributed by atoms with Crippen molar-refractivity contribution >= 4 is 22.4 Å². The molecule has 0 amide bonds. The number of hydrogen-bond donors (Lipinski definition) is 1. The molecule has 8 nitrogen and oxygen atoms in total. The average molecular weight is 391 g/mol. The van der Waals surface area contributed by atoms with E-state index in [1.54, 1.807) is 31.6 Å². The highest BCUT2D eigenvalue weighted by Crippen LogP contribution is 2.27. The first-order valence-corrected chi connectivity index (χ1v) is 9.62. The Morgan fingerprint density at radius 2 is 1.78 bits per heavy atom. The number of thiazole rings is 1. The molecule has 146 valence electrons. The highest BCUT2D eigenvalue weighted by Gasteiger charge is 2.19. The average Bonchev–Trinajstić information content (AvgIpc) is 3.25. The van der Waals surface area contributed by atoms with Gasteiger partial charge in [-0.3, -0.25) is 0 Å². The van der Waals surface area contributed by atoms with Gasteiger partial charge in [-0.05, 0) is 0 Å². The number of ether oxygens (including phenoxy) is 3. The number of methoxy groups -OCH3 is 2. The number of aromatic nitrogens is 1. The molecule has 1 fully saturated rings. The van der Waals surface area contributed by atoms with Crippen LogP contribution >= 0.6 is 11.3 Å². The van der Waals surface area contributed by atoms with Crippen molar-refractivity contribution in [3.8, 4) is 17.2 Å². The second kappa shape index (κ2) is 9.31. The lowest BCUT2D eigenvalue weighted by Gasteiger charge is -2.35. The monoisotopic (exact) mass is 391 g/mol. The Balaban J connectivity index is 1.45. The maximum absolute atomic E-state index is 6.13. The second-order valence-electron chi connectivity index (χ2n) is 5.93. The van der Waals surface area contributed by atoms with Crippen LogP contribution in [0.2, 0.25) is 0 Å². The first kappa shape index (κ1) is 19.1. The van der Waals surface area contributed by atoms with Gasteiger partial charge in [0.1, 0.15) is 23.9 Å². The largest absolute Gasteiger partial charge is 0.496 e. The number of guanidine groups is 1. The third-order valence-electron chi connectivity index (χ3n) is 4.25. The summed E-state index contributed by atoms with van der Waals surface area (Å²) < 4.78 is 16.2. The fourth-order valence-electron chi connectivity index (χ4n) is 2.79. The van der Waals surface area contributed by atoms with Crippen molar-refractivity contribution in [2.24, 2.45) is 10.7 Å². The van der Waals surface area contributed by atoms with Crippen molar-refractivity contribution in [3.63, 3.8) is 0 Å². The zero-order valence-electron chi connectivity index (χ0n) is 15.6. The maximum Gasteiger partial charge on any atom is 0.191 e. The Hall–Kier alpha value is -2.68. The minimum Gasteiger partial charge on any atom is -0.496 e. The summed E-state index contributed by atoms with van der Waals surface area (Å²) >= 11 is 1.66. The van der Waals surface area contributed by atoms with Crippen LogP contribution in [0.15, 0.2) is 34.8 Å². The zero-order valence-corrected chi connectivity index (χ0v) is 16.4. The van der Waals surface area contributed by atoms with E-state index in [9.17, 15) is 0 Å². The van der Waals surface area contributed by atoms with Crippen molar-refractivity contribution in [1.82, 2.24) is 9.88 Å². The van der Waals surface area contributed by atoms with Crippen LogP contribution in [0.5, 0.6) is 17.2 Å². The number of nitrogens with two attached hydrogens (primary N) is 1. The maximum atomic E-state index is 6.13. The minimum atomic E-state index is 0.427. The Morgan fingerprint density at radius 1 is 1.11 bits per heavy atom. The molecule has 2 aromatic rings. The molecule has 1 saturated heterocycles. The van der Waals surface area contributed by atoms with Crippen LogP contribution in [0.4, 0.5) is 5.13 Å². The van der Waals surface area contributed by atoms with E-state index in [-0.39, 0.29) is 0 Å². The SMILES string of the molecule is COc1cc(OC)cc(OCCN=C(N)N2CCN(c3nccs3)CC2)c1. The molecule has 1 aromatic carbocycles. The lowest BCUT2D eigenvalue weighted by Crippen LogP contribution is -2.51. The number of hydrogen-bond acceptors (Lipinski definition) is 7. The first-order chi connectivity index (χ1) is 13.2. The van der Waals surface area contributed by atoms with Crippen LogP contribution in [0, 0.1) is 0 Å². The molecule has 1 aliphatic heterocycles. The van der Waals surface area contributed by atoms with E-state index < -0.39 is 0 Å². The number of aliphatic imine (C=N–C) groups is 1. The molecule has 0 bridgehead atoms. The Bertz CT molecular complexity index is 723. The zero-order chi connectivity index (χ0) is 19.1. The van der Waals surface area contributed by atoms with E-state index in [0.29, 0.717) is 36.4 Å². The van der Waals surface area contributed by atoms with Gasteiger partial charge in [0.25, 0.3) is 0 Å². The molecule has 0 aliphatic carbocycles. The summed E-state index contributed by atoms with van der Waals surface area (Å²) in [4.78, 5) is 13.2. The van der Waals surface area contributed by atoms with Crippen molar-refractivity contribution in [2.75, 3.05) is 58.5 Å². The first-order valence-electron chi connectivity index (χ1n) is 8.75.